The lowest BCUT2D eigenvalue weighted by Gasteiger charge is -2.32. The van der Waals surface area contributed by atoms with E-state index in [1.165, 1.54) is 56.5 Å². The molecule has 1 saturated carbocycles. The Balaban J connectivity index is 1.22. The van der Waals surface area contributed by atoms with Gasteiger partial charge in [-0.2, -0.15) is 0 Å². The summed E-state index contributed by atoms with van der Waals surface area (Å²) in [5.74, 6) is 0.427. The molecule has 3 aliphatic rings. The fourth-order valence-corrected chi connectivity index (χ4v) is 5.37. The second-order valence-corrected chi connectivity index (χ2v) is 9.71. The van der Waals surface area contributed by atoms with Crippen molar-refractivity contribution < 1.29 is 22.7 Å². The maximum atomic E-state index is 13.0. The van der Waals surface area contributed by atoms with Gasteiger partial charge in [0, 0.05) is 24.7 Å². The van der Waals surface area contributed by atoms with Gasteiger partial charge in [-0.1, -0.05) is 24.3 Å². The summed E-state index contributed by atoms with van der Waals surface area (Å²) in [6.07, 6.45) is 1.56. The van der Waals surface area contributed by atoms with Gasteiger partial charge in [-0.25, -0.2) is 0 Å². The van der Waals surface area contributed by atoms with Gasteiger partial charge in [0.25, 0.3) is 5.91 Å². The molecule has 5 rings (SSSR count). The number of halogens is 3. The fourth-order valence-electron chi connectivity index (χ4n) is 5.37. The van der Waals surface area contributed by atoms with Crippen molar-refractivity contribution in [3.63, 3.8) is 0 Å². The van der Waals surface area contributed by atoms with Gasteiger partial charge in [0.1, 0.15) is 5.75 Å². The first kappa shape index (κ1) is 22.3. The van der Waals surface area contributed by atoms with Crippen LogP contribution in [0.2, 0.25) is 0 Å². The quantitative estimate of drug-likeness (QED) is 0.576. The third-order valence-electron chi connectivity index (χ3n) is 7.11. The third-order valence-corrected chi connectivity index (χ3v) is 7.11. The highest BCUT2D eigenvalue weighted by Gasteiger charge is 2.33. The van der Waals surface area contributed by atoms with Gasteiger partial charge in [-0.15, -0.1) is 13.2 Å². The Hall–Kier alpha value is -2.54. The molecule has 0 bridgehead atoms. The Kier molecular flexibility index (Phi) is 5.85. The van der Waals surface area contributed by atoms with Gasteiger partial charge < -0.3 is 14.5 Å². The lowest BCUT2D eigenvalue weighted by molar-refractivity contribution is -0.274. The van der Waals surface area contributed by atoms with E-state index in [1.807, 2.05) is 6.92 Å². The number of piperidine rings is 1. The zero-order valence-electron chi connectivity index (χ0n) is 18.8. The number of carbonyl (C=O) groups excluding carboxylic acids is 1. The molecule has 0 radical (unpaired) electrons. The Bertz CT molecular complexity index is 1020. The lowest BCUT2D eigenvalue weighted by atomic mass is 9.88. The van der Waals surface area contributed by atoms with Crippen molar-refractivity contribution in [2.24, 2.45) is 5.92 Å². The van der Waals surface area contributed by atoms with Crippen LogP contribution in [-0.2, 0) is 19.5 Å². The fraction of sp³-hybridized carbons (Fsp3) is 0.500. The van der Waals surface area contributed by atoms with Crippen LogP contribution in [0, 0.1) is 12.8 Å². The number of benzene rings is 2. The molecule has 1 aliphatic carbocycles. The predicted octanol–water partition coefficient (Wildman–Crippen LogP) is 5.47. The van der Waals surface area contributed by atoms with Gasteiger partial charge >= 0.3 is 6.36 Å². The number of amides is 1. The molecule has 2 aromatic rings. The average Bonchev–Trinajstić information content (AvgIpc) is 3.54. The smallest absolute Gasteiger partial charge is 0.406 e. The van der Waals surface area contributed by atoms with Crippen molar-refractivity contribution in [1.82, 2.24) is 9.80 Å². The van der Waals surface area contributed by atoms with Crippen LogP contribution in [0.1, 0.15) is 58.3 Å². The lowest BCUT2D eigenvalue weighted by Crippen LogP contribution is -2.35. The number of rotatable bonds is 6. The maximum absolute atomic E-state index is 13.0. The number of nitrogens with zero attached hydrogens (tertiary/aromatic N) is 2. The first-order valence-corrected chi connectivity index (χ1v) is 11.8. The monoisotopic (exact) mass is 458 g/mol. The minimum Gasteiger partial charge on any atom is -0.406 e. The van der Waals surface area contributed by atoms with E-state index >= 15 is 0 Å². The summed E-state index contributed by atoms with van der Waals surface area (Å²) in [5, 5.41) is 0. The molecule has 0 unspecified atom stereocenters. The first-order chi connectivity index (χ1) is 15.7. The molecule has 176 valence electrons. The summed E-state index contributed by atoms with van der Waals surface area (Å²) in [4.78, 5) is 17.4. The first-order valence-electron chi connectivity index (χ1n) is 11.8. The van der Waals surface area contributed by atoms with E-state index in [0.717, 1.165) is 34.7 Å². The van der Waals surface area contributed by atoms with E-state index in [-0.39, 0.29) is 11.7 Å². The number of hydrogen-bond donors (Lipinski definition) is 0. The van der Waals surface area contributed by atoms with Crippen LogP contribution >= 0.6 is 0 Å². The van der Waals surface area contributed by atoms with Crippen molar-refractivity contribution in [1.29, 1.82) is 0 Å². The Labute approximate surface area is 192 Å². The molecule has 4 nitrogen and oxygen atoms in total. The van der Waals surface area contributed by atoms with E-state index in [2.05, 4.69) is 21.8 Å². The molecule has 1 saturated heterocycles. The van der Waals surface area contributed by atoms with Gasteiger partial charge in [0.05, 0.1) is 0 Å². The number of carbonyl (C=O) groups is 1. The second kappa shape index (κ2) is 8.67. The number of aryl methyl sites for hydroxylation is 1. The van der Waals surface area contributed by atoms with E-state index in [0.29, 0.717) is 19.0 Å². The Morgan fingerprint density at radius 3 is 2.33 bits per heavy atom. The van der Waals surface area contributed by atoms with Crippen molar-refractivity contribution >= 4 is 5.91 Å². The Morgan fingerprint density at radius 2 is 1.70 bits per heavy atom. The zero-order valence-corrected chi connectivity index (χ0v) is 18.8. The van der Waals surface area contributed by atoms with Crippen LogP contribution < -0.4 is 4.74 Å². The molecule has 33 heavy (non-hydrogen) atoms. The number of likely N-dealkylation sites (tertiary alicyclic amines) is 1. The molecule has 2 fully saturated rings. The second-order valence-electron chi connectivity index (χ2n) is 9.71. The Morgan fingerprint density at radius 1 is 1.00 bits per heavy atom. The molecule has 0 aromatic heterocycles. The van der Waals surface area contributed by atoms with Crippen molar-refractivity contribution in [3.05, 3.63) is 64.2 Å². The third kappa shape index (κ3) is 5.18. The summed E-state index contributed by atoms with van der Waals surface area (Å²) in [6.45, 7) is 5.30. The number of hydrogen-bond acceptors (Lipinski definition) is 3. The average molecular weight is 459 g/mol. The number of alkyl halides is 3. The van der Waals surface area contributed by atoms with Gasteiger partial charge in [-0.3, -0.25) is 4.79 Å². The molecule has 2 heterocycles. The molecular weight excluding hydrogens is 429 g/mol. The van der Waals surface area contributed by atoms with Crippen LogP contribution in [-0.4, -0.2) is 41.2 Å². The van der Waals surface area contributed by atoms with E-state index < -0.39 is 6.36 Å². The standard InChI is InChI=1S/C26H29F3N2O2/c1-17-12-20(13-18-8-10-30(11-9-18)22-4-5-22)14-21-16-31(25(32)24(17)21)15-19-2-6-23(7-3-19)33-26(27,28)29/h2-3,6-7,12,14,18,22H,4-5,8-11,13,15-16H2,1H3. The van der Waals surface area contributed by atoms with Crippen molar-refractivity contribution in [3.8, 4) is 5.75 Å². The highest BCUT2D eigenvalue weighted by Crippen LogP contribution is 2.34. The van der Waals surface area contributed by atoms with E-state index in [9.17, 15) is 18.0 Å². The topological polar surface area (TPSA) is 32.8 Å². The number of fused-ring (bicyclic) bond motifs is 1. The van der Waals surface area contributed by atoms with Crippen LogP contribution in [0.4, 0.5) is 13.2 Å². The summed E-state index contributed by atoms with van der Waals surface area (Å²) >= 11 is 0. The zero-order chi connectivity index (χ0) is 23.2. The largest absolute Gasteiger partial charge is 0.573 e. The molecular formula is C26H29F3N2O2. The van der Waals surface area contributed by atoms with Crippen LogP contribution in [0.3, 0.4) is 0 Å². The molecule has 2 aromatic carbocycles. The van der Waals surface area contributed by atoms with Crippen LogP contribution in [0.15, 0.2) is 36.4 Å². The maximum Gasteiger partial charge on any atom is 0.573 e. The highest BCUT2D eigenvalue weighted by atomic mass is 19.4. The van der Waals surface area contributed by atoms with Gasteiger partial charge in [-0.05, 0) is 92.4 Å². The molecule has 1 amide bonds. The van der Waals surface area contributed by atoms with Gasteiger partial charge in [0.2, 0.25) is 0 Å². The molecule has 0 N–H and O–H groups in total. The molecule has 7 heteroatoms. The van der Waals surface area contributed by atoms with E-state index in [4.69, 9.17) is 0 Å². The summed E-state index contributed by atoms with van der Waals surface area (Å²) in [7, 11) is 0. The SMILES string of the molecule is Cc1cc(CC2CCN(C3CC3)CC2)cc2c1C(=O)N(Cc1ccc(OC(F)(F)F)cc1)C2. The molecule has 0 atom stereocenters. The highest BCUT2D eigenvalue weighted by molar-refractivity contribution is 5.99. The number of ether oxygens (including phenoxy) is 1. The molecule has 2 aliphatic heterocycles. The molecule has 0 spiro atoms. The van der Waals surface area contributed by atoms with Crippen molar-refractivity contribution in [2.75, 3.05) is 13.1 Å². The van der Waals surface area contributed by atoms with Crippen molar-refractivity contribution in [2.45, 2.75) is 64.5 Å². The normalized spacial score (nSPS) is 19.8. The van der Waals surface area contributed by atoms with Crippen LogP contribution in [0.25, 0.3) is 0 Å². The minimum atomic E-state index is -4.71. The van der Waals surface area contributed by atoms with E-state index in [1.54, 1.807) is 17.0 Å². The summed E-state index contributed by atoms with van der Waals surface area (Å²) in [6, 6.07) is 10.9. The predicted molar refractivity (Wildman–Crippen MR) is 119 cm³/mol. The summed E-state index contributed by atoms with van der Waals surface area (Å²) in [5.41, 5.74) is 4.92. The summed E-state index contributed by atoms with van der Waals surface area (Å²) < 4.78 is 41.0. The minimum absolute atomic E-state index is 0.0117. The van der Waals surface area contributed by atoms with Gasteiger partial charge in [0.15, 0.2) is 0 Å². The van der Waals surface area contributed by atoms with Crippen LogP contribution in [0.5, 0.6) is 5.75 Å².